The van der Waals surface area contributed by atoms with E-state index >= 15 is 0 Å². The van der Waals surface area contributed by atoms with Crippen molar-refractivity contribution in [2.45, 2.75) is 13.5 Å². The van der Waals surface area contributed by atoms with Gasteiger partial charge in [-0.25, -0.2) is 4.39 Å². The molecule has 0 fully saturated rings. The zero-order valence-electron chi connectivity index (χ0n) is 17.8. The Labute approximate surface area is 199 Å². The number of ether oxygens (including phenoxy) is 2. The Kier molecular flexibility index (Phi) is 7.40. The summed E-state index contributed by atoms with van der Waals surface area (Å²) in [6, 6.07) is 12.1. The van der Waals surface area contributed by atoms with Gasteiger partial charge in [0.15, 0.2) is 16.7 Å². The molecule has 0 amide bonds. The van der Waals surface area contributed by atoms with Crippen LogP contribution in [-0.2, 0) is 11.3 Å². The van der Waals surface area contributed by atoms with Crippen molar-refractivity contribution in [3.8, 4) is 22.1 Å². The number of halogens is 1. The zero-order valence-corrected chi connectivity index (χ0v) is 19.4. The first kappa shape index (κ1) is 23.0. The predicted molar refractivity (Wildman–Crippen MR) is 133 cm³/mol. The molecule has 4 N–H and O–H groups in total. The summed E-state index contributed by atoms with van der Waals surface area (Å²) in [6.45, 7) is 3.81. The third-order valence-corrected chi connectivity index (χ3v) is 5.87. The third-order valence-electron chi connectivity index (χ3n) is 4.61. The fourth-order valence-electron chi connectivity index (χ4n) is 3.09. The summed E-state index contributed by atoms with van der Waals surface area (Å²) in [5.41, 5.74) is 8.53. The Balaban J connectivity index is 1.53. The molecule has 0 spiro atoms. The molecule has 0 atom stereocenters. The van der Waals surface area contributed by atoms with Gasteiger partial charge in [-0.3, -0.25) is 15.3 Å². The fourth-order valence-corrected chi connectivity index (χ4v) is 4.25. The molecule has 0 unspecified atom stereocenters. The van der Waals surface area contributed by atoms with Gasteiger partial charge in [0, 0.05) is 43.4 Å². The standard InChI is InChI=1S/C23H22FN5O2S2/c1-2-30-13-26-11-14-3-5-17(28-12-14)21-10-18-22(33-21)20(7-8-27-18)31-19-6-4-15(9-16(19)24)29-23(25)32/h3-10,12,26H,2,11,13H2,1H3,(H3,25,29,32). The highest BCUT2D eigenvalue weighted by Crippen LogP contribution is 2.39. The Morgan fingerprint density at radius 2 is 2.03 bits per heavy atom. The number of nitrogens with zero attached hydrogens (tertiary/aromatic N) is 2. The Bertz CT molecular complexity index is 1260. The average molecular weight is 484 g/mol. The summed E-state index contributed by atoms with van der Waals surface area (Å²) in [5.74, 6) is 0.0723. The maximum Gasteiger partial charge on any atom is 0.168 e. The van der Waals surface area contributed by atoms with E-state index in [9.17, 15) is 4.39 Å². The van der Waals surface area contributed by atoms with Crippen LogP contribution in [-0.4, -0.2) is 28.4 Å². The molecule has 3 heterocycles. The molecule has 0 radical (unpaired) electrons. The van der Waals surface area contributed by atoms with Gasteiger partial charge in [-0.2, -0.15) is 0 Å². The van der Waals surface area contributed by atoms with Crippen LogP contribution in [0, 0.1) is 5.82 Å². The second-order valence-electron chi connectivity index (χ2n) is 6.99. The maximum absolute atomic E-state index is 14.5. The van der Waals surface area contributed by atoms with E-state index < -0.39 is 5.82 Å². The van der Waals surface area contributed by atoms with E-state index in [-0.39, 0.29) is 10.9 Å². The summed E-state index contributed by atoms with van der Waals surface area (Å²) >= 11 is 6.27. The molecule has 4 aromatic rings. The molecule has 0 aliphatic carbocycles. The summed E-state index contributed by atoms with van der Waals surface area (Å²) in [4.78, 5) is 9.94. The molecule has 33 heavy (non-hydrogen) atoms. The van der Waals surface area contributed by atoms with Gasteiger partial charge in [0.05, 0.1) is 27.5 Å². The number of hydrogen-bond donors (Lipinski definition) is 3. The summed E-state index contributed by atoms with van der Waals surface area (Å²) in [6.07, 6.45) is 3.47. The van der Waals surface area contributed by atoms with Gasteiger partial charge in [0.1, 0.15) is 5.75 Å². The normalized spacial score (nSPS) is 11.0. The number of thiophene rings is 1. The number of hydrogen-bond acceptors (Lipinski definition) is 7. The van der Waals surface area contributed by atoms with Crippen LogP contribution in [0.15, 0.2) is 54.9 Å². The lowest BCUT2D eigenvalue weighted by atomic mass is 10.2. The molecule has 170 valence electrons. The van der Waals surface area contributed by atoms with E-state index in [1.165, 1.54) is 23.5 Å². The fraction of sp³-hybridized carbons (Fsp3) is 0.174. The topological polar surface area (TPSA) is 94.3 Å². The second-order valence-corrected chi connectivity index (χ2v) is 8.48. The smallest absolute Gasteiger partial charge is 0.168 e. The lowest BCUT2D eigenvalue weighted by molar-refractivity contribution is 0.128. The van der Waals surface area contributed by atoms with Crippen molar-refractivity contribution in [3.63, 3.8) is 0 Å². The number of thiocarbonyl (C=S) groups is 1. The Morgan fingerprint density at radius 3 is 2.76 bits per heavy atom. The van der Waals surface area contributed by atoms with E-state index in [2.05, 4.69) is 20.6 Å². The van der Waals surface area contributed by atoms with Crippen molar-refractivity contribution in [2.24, 2.45) is 5.73 Å². The highest BCUT2D eigenvalue weighted by molar-refractivity contribution is 7.80. The molecule has 0 bridgehead atoms. The lowest BCUT2D eigenvalue weighted by Crippen LogP contribution is -2.18. The van der Waals surface area contributed by atoms with Crippen LogP contribution >= 0.6 is 23.6 Å². The van der Waals surface area contributed by atoms with E-state index in [1.807, 2.05) is 31.3 Å². The van der Waals surface area contributed by atoms with Crippen molar-refractivity contribution in [1.82, 2.24) is 15.3 Å². The monoisotopic (exact) mass is 483 g/mol. The molecule has 0 saturated heterocycles. The van der Waals surface area contributed by atoms with E-state index in [0.29, 0.717) is 31.3 Å². The van der Waals surface area contributed by atoms with Crippen molar-refractivity contribution < 1.29 is 13.9 Å². The number of pyridine rings is 2. The highest BCUT2D eigenvalue weighted by atomic mass is 32.1. The maximum atomic E-state index is 14.5. The number of aromatic nitrogens is 2. The first-order valence-corrected chi connectivity index (χ1v) is 11.4. The number of fused-ring (bicyclic) bond motifs is 1. The van der Waals surface area contributed by atoms with Crippen LogP contribution in [0.4, 0.5) is 10.1 Å². The van der Waals surface area contributed by atoms with Crippen LogP contribution in [0.1, 0.15) is 12.5 Å². The lowest BCUT2D eigenvalue weighted by Gasteiger charge is -2.09. The van der Waals surface area contributed by atoms with E-state index in [1.54, 1.807) is 18.3 Å². The summed E-state index contributed by atoms with van der Waals surface area (Å²) < 4.78 is 26.5. The van der Waals surface area contributed by atoms with Crippen molar-refractivity contribution in [1.29, 1.82) is 0 Å². The number of nitrogens with two attached hydrogens (primary N) is 1. The third kappa shape index (κ3) is 5.79. The first-order chi connectivity index (χ1) is 16.0. The van der Waals surface area contributed by atoms with Crippen molar-refractivity contribution >= 4 is 44.6 Å². The molecular weight excluding hydrogens is 461 g/mol. The number of nitrogens with one attached hydrogen (secondary N) is 2. The van der Waals surface area contributed by atoms with E-state index in [4.69, 9.17) is 27.4 Å². The van der Waals surface area contributed by atoms with Gasteiger partial charge < -0.3 is 20.5 Å². The molecular formula is C23H22FN5O2S2. The Morgan fingerprint density at radius 1 is 1.15 bits per heavy atom. The van der Waals surface area contributed by atoms with Crippen LogP contribution in [0.3, 0.4) is 0 Å². The molecule has 1 aromatic carbocycles. The van der Waals surface area contributed by atoms with Gasteiger partial charge in [-0.15, -0.1) is 11.3 Å². The molecule has 7 nitrogen and oxygen atoms in total. The molecule has 0 saturated carbocycles. The Hall–Kier alpha value is -3.18. The highest BCUT2D eigenvalue weighted by Gasteiger charge is 2.14. The molecule has 4 rings (SSSR count). The predicted octanol–water partition coefficient (Wildman–Crippen LogP) is 5.03. The van der Waals surface area contributed by atoms with Gasteiger partial charge >= 0.3 is 0 Å². The van der Waals surface area contributed by atoms with Gasteiger partial charge in [-0.1, -0.05) is 6.07 Å². The molecule has 0 aliphatic heterocycles. The van der Waals surface area contributed by atoms with Crippen LogP contribution in [0.2, 0.25) is 0 Å². The SMILES string of the molecule is CCOCNCc1ccc(-c2cc3nccc(Oc4ccc(NC(N)=S)cc4F)c3s2)nc1. The summed E-state index contributed by atoms with van der Waals surface area (Å²) in [5, 5.41) is 5.96. The van der Waals surface area contributed by atoms with Gasteiger partial charge in [0.25, 0.3) is 0 Å². The minimum Gasteiger partial charge on any atom is -0.453 e. The van der Waals surface area contributed by atoms with Crippen LogP contribution in [0.5, 0.6) is 11.5 Å². The average Bonchev–Trinajstić information content (AvgIpc) is 3.24. The quantitative estimate of drug-likeness (QED) is 0.173. The minimum absolute atomic E-state index is 0.0634. The van der Waals surface area contributed by atoms with Crippen LogP contribution in [0.25, 0.3) is 20.8 Å². The number of rotatable bonds is 9. The molecule has 0 aliphatic rings. The number of anilines is 1. The van der Waals surface area contributed by atoms with Crippen molar-refractivity contribution in [3.05, 3.63) is 66.2 Å². The number of benzene rings is 1. The largest absolute Gasteiger partial charge is 0.453 e. The second kappa shape index (κ2) is 10.6. The minimum atomic E-state index is -0.534. The van der Waals surface area contributed by atoms with Crippen LogP contribution < -0.4 is 21.1 Å². The first-order valence-electron chi connectivity index (χ1n) is 10.2. The summed E-state index contributed by atoms with van der Waals surface area (Å²) in [7, 11) is 0. The van der Waals surface area contributed by atoms with Gasteiger partial charge in [0.2, 0.25) is 0 Å². The molecule has 3 aromatic heterocycles. The molecule has 10 heteroatoms. The van der Waals surface area contributed by atoms with E-state index in [0.717, 1.165) is 26.4 Å². The van der Waals surface area contributed by atoms with Crippen molar-refractivity contribution in [2.75, 3.05) is 18.7 Å². The zero-order chi connectivity index (χ0) is 23.2. The van der Waals surface area contributed by atoms with Gasteiger partial charge in [-0.05, 0) is 49.0 Å².